The topological polar surface area (TPSA) is 97.5 Å². The van der Waals surface area contributed by atoms with Gasteiger partial charge >= 0.3 is 5.97 Å². The van der Waals surface area contributed by atoms with E-state index in [-0.39, 0.29) is 24.9 Å². The van der Waals surface area contributed by atoms with Crippen LogP contribution in [0.25, 0.3) is 0 Å². The van der Waals surface area contributed by atoms with Crippen LogP contribution in [0.15, 0.2) is 6.20 Å². The average molecular weight is 229 g/mol. The number of rotatable bonds is 6. The van der Waals surface area contributed by atoms with Gasteiger partial charge in [-0.2, -0.15) is 0 Å². The van der Waals surface area contributed by atoms with Gasteiger partial charge in [-0.1, -0.05) is 5.21 Å². The number of nitrogens with zero attached hydrogens (tertiary/aromatic N) is 3. The summed E-state index contributed by atoms with van der Waals surface area (Å²) in [5, 5.41) is 25.1. The molecule has 1 rings (SSSR count). The first kappa shape index (κ1) is 12.6. The molecule has 90 valence electrons. The molecule has 0 aliphatic heterocycles. The quantitative estimate of drug-likeness (QED) is 0.698. The lowest BCUT2D eigenvalue weighted by atomic mass is 10.3. The fourth-order valence-electron chi connectivity index (χ4n) is 1.06. The molecule has 0 fully saturated rings. The molecule has 0 aromatic carbocycles. The van der Waals surface area contributed by atoms with E-state index in [0.29, 0.717) is 0 Å². The monoisotopic (exact) mass is 229 g/mol. The summed E-state index contributed by atoms with van der Waals surface area (Å²) >= 11 is 0. The molecule has 1 heterocycles. The minimum absolute atomic E-state index is 0.0416. The second-order valence-corrected chi connectivity index (χ2v) is 3.67. The van der Waals surface area contributed by atoms with Crippen LogP contribution in [0.4, 0.5) is 0 Å². The van der Waals surface area contributed by atoms with E-state index in [1.54, 1.807) is 0 Å². The first-order chi connectivity index (χ1) is 7.49. The number of hydrogen-bond donors (Lipinski definition) is 2. The molecule has 0 aliphatic rings. The van der Waals surface area contributed by atoms with Crippen molar-refractivity contribution in [3.63, 3.8) is 0 Å². The molecule has 7 heteroatoms. The van der Waals surface area contributed by atoms with E-state index in [2.05, 4.69) is 10.3 Å². The predicted molar refractivity (Wildman–Crippen MR) is 54.1 cm³/mol. The van der Waals surface area contributed by atoms with Gasteiger partial charge in [0.25, 0.3) is 0 Å². The molecule has 0 bridgehead atoms. The zero-order valence-corrected chi connectivity index (χ0v) is 9.20. The van der Waals surface area contributed by atoms with Crippen LogP contribution in [0.2, 0.25) is 0 Å². The van der Waals surface area contributed by atoms with Crippen molar-refractivity contribution >= 4 is 5.97 Å². The number of aliphatic hydroxyl groups is 1. The second kappa shape index (κ2) is 5.57. The molecule has 0 saturated heterocycles. The molecule has 0 amide bonds. The van der Waals surface area contributed by atoms with E-state index in [1.807, 2.05) is 13.8 Å². The van der Waals surface area contributed by atoms with Gasteiger partial charge in [-0.15, -0.1) is 5.10 Å². The van der Waals surface area contributed by atoms with Crippen molar-refractivity contribution in [1.29, 1.82) is 0 Å². The molecular weight excluding hydrogens is 214 g/mol. The molecule has 0 aliphatic carbocycles. The Hall–Kier alpha value is -1.47. The number of ether oxygens (including phenoxy) is 1. The van der Waals surface area contributed by atoms with Crippen LogP contribution in [0.1, 0.15) is 24.3 Å². The lowest BCUT2D eigenvalue weighted by Gasteiger charge is -2.12. The molecule has 1 unspecified atom stereocenters. The molecule has 1 atom stereocenters. The molecule has 7 nitrogen and oxygen atoms in total. The summed E-state index contributed by atoms with van der Waals surface area (Å²) in [7, 11) is 0. The highest BCUT2D eigenvalue weighted by molar-refractivity contribution is 5.84. The van der Waals surface area contributed by atoms with E-state index < -0.39 is 12.1 Å². The molecule has 1 aromatic rings. The molecule has 1 aromatic heterocycles. The Kier molecular flexibility index (Phi) is 4.39. The van der Waals surface area contributed by atoms with E-state index >= 15 is 0 Å². The molecule has 16 heavy (non-hydrogen) atoms. The van der Waals surface area contributed by atoms with Crippen LogP contribution in [-0.2, 0) is 11.3 Å². The zero-order valence-electron chi connectivity index (χ0n) is 9.20. The summed E-state index contributed by atoms with van der Waals surface area (Å²) in [4.78, 5) is 10.5. The lowest BCUT2D eigenvalue weighted by Crippen LogP contribution is -2.24. The van der Waals surface area contributed by atoms with Crippen molar-refractivity contribution in [3.05, 3.63) is 11.9 Å². The molecule has 0 saturated carbocycles. The van der Waals surface area contributed by atoms with Gasteiger partial charge in [0.05, 0.1) is 31.6 Å². The maximum atomic E-state index is 10.5. The predicted octanol–water partition coefficient (Wildman–Crippen LogP) is -0.238. The van der Waals surface area contributed by atoms with Gasteiger partial charge in [-0.25, -0.2) is 9.48 Å². The van der Waals surface area contributed by atoms with Crippen molar-refractivity contribution in [2.75, 3.05) is 6.61 Å². The van der Waals surface area contributed by atoms with Crippen LogP contribution in [0.5, 0.6) is 0 Å². The van der Waals surface area contributed by atoms with E-state index in [0.717, 1.165) is 0 Å². The average Bonchev–Trinajstić information content (AvgIpc) is 2.63. The van der Waals surface area contributed by atoms with Gasteiger partial charge in [0, 0.05) is 0 Å². The number of aromatic nitrogens is 3. The van der Waals surface area contributed by atoms with Crippen LogP contribution in [-0.4, -0.2) is 50.0 Å². The number of hydrogen-bond acceptors (Lipinski definition) is 5. The maximum absolute atomic E-state index is 10.5. The Morgan fingerprint density at radius 3 is 2.81 bits per heavy atom. The van der Waals surface area contributed by atoms with Gasteiger partial charge in [0.15, 0.2) is 5.69 Å². The SMILES string of the molecule is CC(C)OCC(O)Cn1cc(C(=O)O)nn1. The highest BCUT2D eigenvalue weighted by Crippen LogP contribution is 1.97. The lowest BCUT2D eigenvalue weighted by molar-refractivity contribution is -0.00221. The summed E-state index contributed by atoms with van der Waals surface area (Å²) < 4.78 is 6.48. The van der Waals surface area contributed by atoms with Crippen molar-refractivity contribution in [2.45, 2.75) is 32.6 Å². The third kappa shape index (κ3) is 3.95. The largest absolute Gasteiger partial charge is 0.476 e. The summed E-state index contributed by atoms with van der Waals surface area (Å²) in [6, 6.07) is 0. The van der Waals surface area contributed by atoms with Crippen LogP contribution >= 0.6 is 0 Å². The third-order valence-electron chi connectivity index (χ3n) is 1.78. The van der Waals surface area contributed by atoms with Gasteiger partial charge in [-0.05, 0) is 13.8 Å². The van der Waals surface area contributed by atoms with E-state index in [9.17, 15) is 9.90 Å². The summed E-state index contributed by atoms with van der Waals surface area (Å²) in [6.07, 6.45) is 0.576. The summed E-state index contributed by atoms with van der Waals surface area (Å²) in [5.74, 6) is -1.14. The third-order valence-corrected chi connectivity index (χ3v) is 1.78. The molecule has 0 spiro atoms. The highest BCUT2D eigenvalue weighted by Gasteiger charge is 2.11. The van der Waals surface area contributed by atoms with Crippen molar-refractivity contribution in [1.82, 2.24) is 15.0 Å². The molecular formula is C9H15N3O4. The highest BCUT2D eigenvalue weighted by atomic mass is 16.5. The number of aliphatic hydroxyl groups excluding tert-OH is 1. The van der Waals surface area contributed by atoms with Gasteiger partial charge in [0.2, 0.25) is 0 Å². The fraction of sp³-hybridized carbons (Fsp3) is 0.667. The Morgan fingerprint density at radius 2 is 2.31 bits per heavy atom. The Bertz CT molecular complexity index is 350. The normalized spacial score (nSPS) is 13.0. The Morgan fingerprint density at radius 1 is 1.62 bits per heavy atom. The number of carboxylic acids is 1. The van der Waals surface area contributed by atoms with E-state index in [1.165, 1.54) is 10.9 Å². The minimum atomic E-state index is -1.14. The first-order valence-corrected chi connectivity index (χ1v) is 4.92. The van der Waals surface area contributed by atoms with E-state index in [4.69, 9.17) is 9.84 Å². The van der Waals surface area contributed by atoms with Crippen LogP contribution in [0.3, 0.4) is 0 Å². The van der Waals surface area contributed by atoms with Crippen molar-refractivity contribution < 1.29 is 19.7 Å². The zero-order chi connectivity index (χ0) is 12.1. The minimum Gasteiger partial charge on any atom is -0.476 e. The summed E-state index contributed by atoms with van der Waals surface area (Å²) in [6.45, 7) is 4.07. The fourth-order valence-corrected chi connectivity index (χ4v) is 1.06. The maximum Gasteiger partial charge on any atom is 0.358 e. The molecule has 0 radical (unpaired) electrons. The summed E-state index contributed by atoms with van der Waals surface area (Å²) in [5.41, 5.74) is -0.142. The Labute approximate surface area is 92.6 Å². The van der Waals surface area contributed by atoms with Gasteiger partial charge < -0.3 is 14.9 Å². The number of carboxylic acid groups (broad SMARTS) is 1. The van der Waals surface area contributed by atoms with Gasteiger partial charge in [-0.3, -0.25) is 0 Å². The second-order valence-electron chi connectivity index (χ2n) is 3.67. The Balaban J connectivity index is 2.43. The smallest absolute Gasteiger partial charge is 0.358 e. The van der Waals surface area contributed by atoms with Crippen molar-refractivity contribution in [3.8, 4) is 0 Å². The van der Waals surface area contributed by atoms with Crippen LogP contribution in [0, 0.1) is 0 Å². The van der Waals surface area contributed by atoms with Crippen LogP contribution < -0.4 is 0 Å². The van der Waals surface area contributed by atoms with Crippen molar-refractivity contribution in [2.24, 2.45) is 0 Å². The number of aromatic carboxylic acids is 1. The van der Waals surface area contributed by atoms with Gasteiger partial charge in [0.1, 0.15) is 0 Å². The standard InChI is InChI=1S/C9H15N3O4/c1-6(2)16-5-7(13)3-12-4-8(9(14)15)10-11-12/h4,6-7,13H,3,5H2,1-2H3,(H,14,15). The first-order valence-electron chi connectivity index (χ1n) is 4.92. The molecule has 2 N–H and O–H groups in total. The number of carbonyl (C=O) groups is 1.